The Labute approximate surface area is 107 Å². The third-order valence-electron chi connectivity index (χ3n) is 3.17. The summed E-state index contributed by atoms with van der Waals surface area (Å²) >= 11 is 0. The number of quaternary nitrogens is 1. The first-order valence-electron chi connectivity index (χ1n) is 6.76. The van der Waals surface area contributed by atoms with E-state index in [2.05, 4.69) is 21.0 Å². The van der Waals surface area contributed by atoms with E-state index in [-0.39, 0.29) is 6.04 Å². The molecule has 0 amide bonds. The molecule has 0 atom stereocenters. The van der Waals surface area contributed by atoms with E-state index in [4.69, 9.17) is 14.4 Å². The van der Waals surface area contributed by atoms with Gasteiger partial charge < -0.3 is 18.9 Å². The SMILES string of the molecule is CCCCCCCC[N+](C)(C)CC[Si](O)(O)O. The van der Waals surface area contributed by atoms with Gasteiger partial charge in [-0.1, -0.05) is 32.6 Å². The summed E-state index contributed by atoms with van der Waals surface area (Å²) in [5.74, 6) is 0. The van der Waals surface area contributed by atoms with E-state index in [1.807, 2.05) is 0 Å². The second kappa shape index (κ2) is 8.21. The summed E-state index contributed by atoms with van der Waals surface area (Å²) in [4.78, 5) is 27.0. The Morgan fingerprint density at radius 1 is 0.824 bits per heavy atom. The molecule has 0 aliphatic rings. The quantitative estimate of drug-likeness (QED) is 0.317. The van der Waals surface area contributed by atoms with Gasteiger partial charge in [-0.3, -0.25) is 0 Å². The van der Waals surface area contributed by atoms with Crippen LogP contribution in [0.25, 0.3) is 0 Å². The van der Waals surface area contributed by atoms with Crippen molar-refractivity contribution < 1.29 is 18.9 Å². The second-order valence-electron chi connectivity index (χ2n) is 5.68. The van der Waals surface area contributed by atoms with Crippen molar-refractivity contribution >= 4 is 8.80 Å². The van der Waals surface area contributed by atoms with E-state index in [0.29, 0.717) is 6.54 Å². The van der Waals surface area contributed by atoms with Crippen LogP contribution in [0.2, 0.25) is 6.04 Å². The van der Waals surface area contributed by atoms with E-state index in [1.54, 1.807) is 0 Å². The summed E-state index contributed by atoms with van der Waals surface area (Å²) in [5, 5.41) is 0. The molecule has 0 heterocycles. The molecule has 4 nitrogen and oxygen atoms in total. The number of hydrogen-bond acceptors (Lipinski definition) is 3. The third-order valence-corrected chi connectivity index (χ3v) is 4.06. The Morgan fingerprint density at radius 3 is 1.88 bits per heavy atom. The smallest absolute Gasteiger partial charge is 0.390 e. The average Bonchev–Trinajstić information content (AvgIpc) is 2.20. The first-order valence-corrected chi connectivity index (χ1v) is 8.81. The van der Waals surface area contributed by atoms with Gasteiger partial charge in [0.2, 0.25) is 0 Å². The summed E-state index contributed by atoms with van der Waals surface area (Å²) in [6.45, 7) is 3.89. The van der Waals surface area contributed by atoms with Crippen molar-refractivity contribution in [2.75, 3.05) is 27.2 Å². The molecule has 3 N–H and O–H groups in total. The Balaban J connectivity index is 3.57. The van der Waals surface area contributed by atoms with Gasteiger partial charge in [0.05, 0.1) is 33.2 Å². The van der Waals surface area contributed by atoms with Crippen LogP contribution in [0.3, 0.4) is 0 Å². The van der Waals surface area contributed by atoms with Gasteiger partial charge in [-0.25, -0.2) is 0 Å². The molecule has 0 bridgehead atoms. The molecule has 0 unspecified atom stereocenters. The molecule has 104 valence electrons. The summed E-state index contributed by atoms with van der Waals surface area (Å²) in [7, 11) is 0.303. The van der Waals surface area contributed by atoms with Crippen molar-refractivity contribution in [3.8, 4) is 0 Å². The minimum absolute atomic E-state index is 0.135. The van der Waals surface area contributed by atoms with Crippen molar-refractivity contribution in [3.05, 3.63) is 0 Å². The predicted molar refractivity (Wildman–Crippen MR) is 72.4 cm³/mol. The van der Waals surface area contributed by atoms with Crippen LogP contribution in [-0.2, 0) is 0 Å². The van der Waals surface area contributed by atoms with E-state index in [0.717, 1.165) is 11.0 Å². The molecule has 0 saturated heterocycles. The van der Waals surface area contributed by atoms with E-state index in [9.17, 15) is 0 Å². The minimum Gasteiger partial charge on any atom is -0.390 e. The van der Waals surface area contributed by atoms with Crippen LogP contribution >= 0.6 is 0 Å². The largest absolute Gasteiger partial charge is 0.498 e. The zero-order valence-corrected chi connectivity index (χ0v) is 12.7. The van der Waals surface area contributed by atoms with Gasteiger partial charge in [0, 0.05) is 0 Å². The zero-order valence-electron chi connectivity index (χ0n) is 11.7. The second-order valence-corrected chi connectivity index (χ2v) is 7.72. The highest BCUT2D eigenvalue weighted by Crippen LogP contribution is 2.10. The van der Waals surface area contributed by atoms with E-state index in [1.165, 1.54) is 38.5 Å². The van der Waals surface area contributed by atoms with Crippen LogP contribution in [0.4, 0.5) is 0 Å². The van der Waals surface area contributed by atoms with E-state index < -0.39 is 8.80 Å². The van der Waals surface area contributed by atoms with Crippen molar-refractivity contribution in [2.24, 2.45) is 0 Å². The van der Waals surface area contributed by atoms with Crippen LogP contribution in [0.5, 0.6) is 0 Å². The predicted octanol–water partition coefficient (Wildman–Crippen LogP) is 1.34. The van der Waals surface area contributed by atoms with Gasteiger partial charge in [0.1, 0.15) is 0 Å². The number of hydrogen-bond donors (Lipinski definition) is 3. The van der Waals surface area contributed by atoms with Crippen LogP contribution in [0, 0.1) is 0 Å². The van der Waals surface area contributed by atoms with Gasteiger partial charge in [0.15, 0.2) is 0 Å². The van der Waals surface area contributed by atoms with Gasteiger partial charge in [-0.2, -0.15) is 0 Å². The fraction of sp³-hybridized carbons (Fsp3) is 1.00. The molecule has 0 aromatic heterocycles. The van der Waals surface area contributed by atoms with Crippen LogP contribution in [0.15, 0.2) is 0 Å². The number of nitrogens with zero attached hydrogens (tertiary/aromatic N) is 1. The standard InChI is InChI=1S/C12H30NO3Si/c1-4-5-6-7-8-9-10-13(2,3)11-12-17(14,15)16/h14-16H,4-12H2,1-3H3/q+1. The fourth-order valence-electron chi connectivity index (χ4n) is 1.88. The Hall–Kier alpha value is 0.0569. The normalized spacial score (nSPS) is 13.1. The number of rotatable bonds is 10. The first kappa shape index (κ1) is 17.1. The van der Waals surface area contributed by atoms with Gasteiger partial charge >= 0.3 is 8.80 Å². The van der Waals surface area contributed by atoms with E-state index >= 15 is 0 Å². The molecule has 0 aromatic rings. The fourth-order valence-corrected chi connectivity index (χ4v) is 2.79. The molecule has 0 saturated carbocycles. The summed E-state index contributed by atoms with van der Waals surface area (Å²) in [6, 6.07) is 0.135. The van der Waals surface area contributed by atoms with Gasteiger partial charge in [-0.05, 0) is 12.8 Å². The number of unbranched alkanes of at least 4 members (excludes halogenated alkanes) is 5. The van der Waals surface area contributed by atoms with Crippen LogP contribution in [-0.4, -0.2) is 54.9 Å². The molecule has 5 heteroatoms. The average molecular weight is 264 g/mol. The molecule has 0 spiro atoms. The van der Waals surface area contributed by atoms with Gasteiger partial charge in [-0.15, -0.1) is 0 Å². The molecule has 0 radical (unpaired) electrons. The van der Waals surface area contributed by atoms with Crippen LogP contribution < -0.4 is 0 Å². The highest BCUT2D eigenvalue weighted by atomic mass is 28.4. The van der Waals surface area contributed by atoms with Crippen LogP contribution in [0.1, 0.15) is 45.4 Å². The maximum absolute atomic E-state index is 8.99. The van der Waals surface area contributed by atoms with Crippen molar-refractivity contribution in [3.63, 3.8) is 0 Å². The summed E-state index contributed by atoms with van der Waals surface area (Å²) in [6.07, 6.45) is 7.65. The monoisotopic (exact) mass is 264 g/mol. The molecule has 0 aromatic carbocycles. The highest BCUT2D eigenvalue weighted by Gasteiger charge is 2.30. The third kappa shape index (κ3) is 12.3. The van der Waals surface area contributed by atoms with Crippen molar-refractivity contribution in [1.82, 2.24) is 0 Å². The lowest BCUT2D eigenvalue weighted by Crippen LogP contribution is -2.46. The maximum atomic E-state index is 8.99. The van der Waals surface area contributed by atoms with Gasteiger partial charge in [0.25, 0.3) is 0 Å². The first-order chi connectivity index (χ1) is 7.77. The Bertz CT molecular complexity index is 193. The lowest BCUT2D eigenvalue weighted by Gasteiger charge is -2.30. The van der Waals surface area contributed by atoms with Crippen molar-refractivity contribution in [2.45, 2.75) is 51.5 Å². The molecular formula is C12H30NO3Si+. The summed E-state index contributed by atoms with van der Waals surface area (Å²) < 4.78 is 0.754. The zero-order chi connectivity index (χ0) is 13.4. The summed E-state index contributed by atoms with van der Waals surface area (Å²) in [5.41, 5.74) is 0. The molecular weight excluding hydrogens is 234 g/mol. The Morgan fingerprint density at radius 2 is 1.35 bits per heavy atom. The van der Waals surface area contributed by atoms with Crippen molar-refractivity contribution in [1.29, 1.82) is 0 Å². The molecule has 0 rings (SSSR count). The molecule has 0 fully saturated rings. The lowest BCUT2D eigenvalue weighted by atomic mass is 10.1. The Kier molecular flexibility index (Phi) is 8.24. The maximum Gasteiger partial charge on any atom is 0.498 e. The lowest BCUT2D eigenvalue weighted by molar-refractivity contribution is -0.888. The topological polar surface area (TPSA) is 60.7 Å². The highest BCUT2D eigenvalue weighted by molar-refractivity contribution is 6.56. The minimum atomic E-state index is -3.85. The molecule has 0 aliphatic heterocycles. The molecule has 17 heavy (non-hydrogen) atoms. The molecule has 0 aliphatic carbocycles.